The van der Waals surface area contributed by atoms with E-state index < -0.39 is 5.97 Å². The number of nitrogens with one attached hydrogen (secondary N) is 1. The van der Waals surface area contributed by atoms with Gasteiger partial charge in [-0.05, 0) is 37.0 Å². The number of aromatic carboxylic acids is 1. The van der Waals surface area contributed by atoms with Crippen LogP contribution in [0.1, 0.15) is 30.8 Å². The summed E-state index contributed by atoms with van der Waals surface area (Å²) in [4.78, 5) is 10.6. The van der Waals surface area contributed by atoms with Crippen molar-refractivity contribution in [2.45, 2.75) is 26.3 Å². The van der Waals surface area contributed by atoms with Crippen molar-refractivity contribution >= 4 is 23.5 Å². The molecule has 0 radical (unpaired) electrons. The molecular weight excluding hydrogens is 238 g/mol. The van der Waals surface area contributed by atoms with E-state index in [9.17, 15) is 4.79 Å². The van der Waals surface area contributed by atoms with E-state index in [-0.39, 0.29) is 5.69 Å². The third kappa shape index (κ3) is 5.04. The molecule has 5 nitrogen and oxygen atoms in total. The van der Waals surface area contributed by atoms with Gasteiger partial charge in [0, 0.05) is 6.04 Å². The maximum atomic E-state index is 10.6. The number of anilines is 1. The summed E-state index contributed by atoms with van der Waals surface area (Å²) in [5, 5.41) is 19.3. The maximum Gasteiger partial charge on any atom is 0.356 e. The predicted octanol–water partition coefficient (Wildman–Crippen LogP) is 2.12. The first-order chi connectivity index (χ1) is 8.13. The van der Waals surface area contributed by atoms with Gasteiger partial charge in [0.1, 0.15) is 5.82 Å². The zero-order valence-electron chi connectivity index (χ0n) is 10.0. The van der Waals surface area contributed by atoms with E-state index >= 15 is 0 Å². The van der Waals surface area contributed by atoms with Crippen molar-refractivity contribution in [2.75, 3.05) is 16.8 Å². The van der Waals surface area contributed by atoms with Crippen LogP contribution in [0.25, 0.3) is 0 Å². The number of carboxylic acids is 1. The molecular formula is C11H17N3O2S. The average molecular weight is 255 g/mol. The second-order valence-electron chi connectivity index (χ2n) is 3.64. The first-order valence-electron chi connectivity index (χ1n) is 5.54. The molecule has 0 aliphatic carbocycles. The minimum atomic E-state index is -1.06. The van der Waals surface area contributed by atoms with Crippen LogP contribution in [0.2, 0.25) is 0 Å². The number of nitrogens with zero attached hydrogens (tertiary/aromatic N) is 2. The van der Waals surface area contributed by atoms with Crippen molar-refractivity contribution in [2.24, 2.45) is 0 Å². The fraction of sp³-hybridized carbons (Fsp3) is 0.545. The summed E-state index contributed by atoms with van der Waals surface area (Å²) in [5.41, 5.74) is -0.0373. The molecule has 0 aromatic carbocycles. The van der Waals surface area contributed by atoms with Gasteiger partial charge < -0.3 is 10.4 Å². The first kappa shape index (κ1) is 13.8. The third-order valence-electron chi connectivity index (χ3n) is 2.18. The molecule has 0 aliphatic rings. The molecule has 0 spiro atoms. The lowest BCUT2D eigenvalue weighted by atomic mass is 10.2. The van der Waals surface area contributed by atoms with E-state index in [1.54, 1.807) is 6.07 Å². The molecule has 94 valence electrons. The van der Waals surface area contributed by atoms with Crippen molar-refractivity contribution in [1.29, 1.82) is 0 Å². The molecule has 1 aromatic heterocycles. The quantitative estimate of drug-likeness (QED) is 0.727. The van der Waals surface area contributed by atoms with Gasteiger partial charge >= 0.3 is 5.97 Å². The fourth-order valence-corrected chi connectivity index (χ4v) is 2.06. The van der Waals surface area contributed by atoms with Gasteiger partial charge in [0.2, 0.25) is 0 Å². The molecule has 0 bridgehead atoms. The molecule has 1 aromatic rings. The summed E-state index contributed by atoms with van der Waals surface area (Å²) < 4.78 is 0. The number of carboxylic acid groups (broad SMARTS) is 1. The number of rotatable bonds is 7. The molecule has 0 aliphatic heterocycles. The normalized spacial score (nSPS) is 12.1. The smallest absolute Gasteiger partial charge is 0.356 e. The molecule has 0 saturated carbocycles. The van der Waals surface area contributed by atoms with Crippen molar-refractivity contribution in [3.8, 4) is 0 Å². The van der Waals surface area contributed by atoms with E-state index in [0.717, 1.165) is 17.9 Å². The Morgan fingerprint density at radius 2 is 2.29 bits per heavy atom. The summed E-state index contributed by atoms with van der Waals surface area (Å²) in [5.74, 6) is 1.78. The predicted molar refractivity (Wildman–Crippen MR) is 69.7 cm³/mol. The van der Waals surface area contributed by atoms with Crippen molar-refractivity contribution in [3.05, 3.63) is 17.8 Å². The summed E-state index contributed by atoms with van der Waals surface area (Å²) in [6.45, 7) is 4.21. The second-order valence-corrected chi connectivity index (χ2v) is 5.03. The Morgan fingerprint density at radius 1 is 1.53 bits per heavy atom. The standard InChI is InChI=1S/C11H17N3O2S/c1-3-17-7-6-8(2)12-10-5-4-9(11(15)16)13-14-10/h4-5,8H,3,6-7H2,1-2H3,(H,12,14)(H,15,16). The molecule has 0 amide bonds. The lowest BCUT2D eigenvalue weighted by molar-refractivity contribution is 0.0689. The molecule has 6 heteroatoms. The second kappa shape index (κ2) is 7.11. The van der Waals surface area contributed by atoms with E-state index in [1.165, 1.54) is 6.07 Å². The molecule has 0 saturated heterocycles. The van der Waals surface area contributed by atoms with Crippen molar-refractivity contribution in [3.63, 3.8) is 0 Å². The molecule has 0 fully saturated rings. The van der Waals surface area contributed by atoms with Gasteiger partial charge in [-0.1, -0.05) is 6.92 Å². The molecule has 1 unspecified atom stereocenters. The summed E-state index contributed by atoms with van der Waals surface area (Å²) in [6.07, 6.45) is 1.04. The minimum Gasteiger partial charge on any atom is -0.476 e. The van der Waals surface area contributed by atoms with E-state index in [2.05, 4.69) is 29.4 Å². The molecule has 2 N–H and O–H groups in total. The fourth-order valence-electron chi connectivity index (χ4n) is 1.25. The number of carbonyl (C=O) groups is 1. The summed E-state index contributed by atoms with van der Waals surface area (Å²) in [7, 11) is 0. The monoisotopic (exact) mass is 255 g/mol. The molecule has 17 heavy (non-hydrogen) atoms. The van der Waals surface area contributed by atoms with Crippen LogP contribution in [0, 0.1) is 0 Å². The van der Waals surface area contributed by atoms with E-state index in [1.807, 2.05) is 11.8 Å². The van der Waals surface area contributed by atoms with Crippen LogP contribution in [-0.2, 0) is 0 Å². The zero-order chi connectivity index (χ0) is 12.7. The van der Waals surface area contributed by atoms with Crippen LogP contribution < -0.4 is 5.32 Å². The molecule has 1 atom stereocenters. The Labute approximate surface area is 105 Å². The average Bonchev–Trinajstić information content (AvgIpc) is 2.30. The largest absolute Gasteiger partial charge is 0.476 e. The van der Waals surface area contributed by atoms with Crippen molar-refractivity contribution < 1.29 is 9.90 Å². The van der Waals surface area contributed by atoms with Gasteiger partial charge in [-0.15, -0.1) is 10.2 Å². The van der Waals surface area contributed by atoms with Gasteiger partial charge in [0.25, 0.3) is 0 Å². The number of hydrogen-bond acceptors (Lipinski definition) is 5. The summed E-state index contributed by atoms with van der Waals surface area (Å²) >= 11 is 1.90. The Bertz CT molecular complexity index is 356. The highest BCUT2D eigenvalue weighted by molar-refractivity contribution is 7.99. The molecule has 1 heterocycles. The third-order valence-corrected chi connectivity index (χ3v) is 3.11. The van der Waals surface area contributed by atoms with Crippen LogP contribution >= 0.6 is 11.8 Å². The Morgan fingerprint density at radius 3 is 2.82 bits per heavy atom. The lowest BCUT2D eigenvalue weighted by Gasteiger charge is -2.13. The summed E-state index contributed by atoms with van der Waals surface area (Å²) in [6, 6.07) is 3.39. The van der Waals surface area contributed by atoms with Crippen LogP contribution in [0.15, 0.2) is 12.1 Å². The Kier molecular flexibility index (Phi) is 5.76. The Hall–Kier alpha value is -1.30. The van der Waals surface area contributed by atoms with Crippen molar-refractivity contribution in [1.82, 2.24) is 10.2 Å². The highest BCUT2D eigenvalue weighted by atomic mass is 32.2. The van der Waals surface area contributed by atoms with Gasteiger partial charge in [0.15, 0.2) is 5.69 Å². The maximum absolute atomic E-state index is 10.6. The highest BCUT2D eigenvalue weighted by Crippen LogP contribution is 2.09. The number of aromatic nitrogens is 2. The highest BCUT2D eigenvalue weighted by Gasteiger charge is 2.06. The number of thioether (sulfide) groups is 1. The SMILES string of the molecule is CCSCCC(C)Nc1ccc(C(=O)O)nn1. The first-order valence-corrected chi connectivity index (χ1v) is 6.70. The van der Waals surface area contributed by atoms with Crippen LogP contribution in [-0.4, -0.2) is 38.8 Å². The number of hydrogen-bond donors (Lipinski definition) is 2. The Balaban J connectivity index is 2.43. The van der Waals surface area contributed by atoms with E-state index in [0.29, 0.717) is 11.9 Å². The molecule has 1 rings (SSSR count). The van der Waals surface area contributed by atoms with Gasteiger partial charge in [-0.3, -0.25) is 0 Å². The minimum absolute atomic E-state index is 0.0373. The van der Waals surface area contributed by atoms with Crippen LogP contribution in [0.3, 0.4) is 0 Å². The van der Waals surface area contributed by atoms with Gasteiger partial charge in [-0.2, -0.15) is 11.8 Å². The lowest BCUT2D eigenvalue weighted by Crippen LogP contribution is -2.17. The van der Waals surface area contributed by atoms with Crippen LogP contribution in [0.4, 0.5) is 5.82 Å². The van der Waals surface area contributed by atoms with E-state index in [4.69, 9.17) is 5.11 Å². The topological polar surface area (TPSA) is 75.1 Å². The van der Waals surface area contributed by atoms with Gasteiger partial charge in [0.05, 0.1) is 0 Å². The van der Waals surface area contributed by atoms with Crippen LogP contribution in [0.5, 0.6) is 0 Å². The van der Waals surface area contributed by atoms with Gasteiger partial charge in [-0.25, -0.2) is 4.79 Å². The zero-order valence-corrected chi connectivity index (χ0v) is 10.8.